The number of hydrogen-bond acceptors (Lipinski definition) is 6. The molecule has 10 heteroatoms. The van der Waals surface area contributed by atoms with E-state index in [1.165, 1.54) is 15.6 Å². The van der Waals surface area contributed by atoms with E-state index in [-0.39, 0.29) is 16.5 Å². The minimum absolute atomic E-state index is 0.0208. The molecule has 1 aliphatic rings. The number of nitrogens with zero attached hydrogens (tertiary/aromatic N) is 1. The molecule has 0 unspecified atom stereocenters. The number of rotatable bonds is 7. The van der Waals surface area contributed by atoms with E-state index in [2.05, 4.69) is 4.72 Å². The normalized spacial score (nSPS) is 15.0. The van der Waals surface area contributed by atoms with Crippen LogP contribution in [0.15, 0.2) is 34.5 Å². The molecular formula is C18H24N2O5S3. The highest BCUT2D eigenvalue weighted by molar-refractivity contribution is 7.94. The van der Waals surface area contributed by atoms with E-state index in [1.54, 1.807) is 25.1 Å². The van der Waals surface area contributed by atoms with Gasteiger partial charge < -0.3 is 4.74 Å². The van der Waals surface area contributed by atoms with Crippen molar-refractivity contribution in [2.24, 2.45) is 0 Å². The number of benzene rings is 1. The molecule has 2 heterocycles. The maximum atomic E-state index is 13.3. The Kier molecular flexibility index (Phi) is 6.33. The third-order valence-corrected chi connectivity index (χ3v) is 9.23. The Bertz CT molecular complexity index is 1040. The van der Waals surface area contributed by atoms with Crippen molar-refractivity contribution in [3.05, 3.63) is 40.8 Å². The van der Waals surface area contributed by atoms with Crippen LogP contribution in [0.1, 0.15) is 23.8 Å². The monoisotopic (exact) mass is 444 g/mol. The molecule has 0 fully saturated rings. The largest absolute Gasteiger partial charge is 0.491 e. The van der Waals surface area contributed by atoms with Gasteiger partial charge in [-0.2, -0.15) is 0 Å². The lowest BCUT2D eigenvalue weighted by atomic mass is 10.2. The summed E-state index contributed by atoms with van der Waals surface area (Å²) < 4.78 is 59.4. The molecule has 0 amide bonds. The molecule has 1 aliphatic heterocycles. The molecule has 0 atom stereocenters. The van der Waals surface area contributed by atoms with Crippen LogP contribution in [0.2, 0.25) is 0 Å². The number of ether oxygens (including phenoxy) is 1. The number of thiophene rings is 1. The summed E-state index contributed by atoms with van der Waals surface area (Å²) in [7, 11) is -6.98. The molecule has 0 radical (unpaired) electrons. The van der Waals surface area contributed by atoms with Gasteiger partial charge in [-0.3, -0.25) is 4.31 Å². The number of hydrogen-bond donors (Lipinski definition) is 1. The smallest absolute Gasteiger partial charge is 0.273 e. The summed E-state index contributed by atoms with van der Waals surface area (Å²) in [6.45, 7) is 4.55. The summed E-state index contributed by atoms with van der Waals surface area (Å²) >= 11 is 1.17. The molecule has 0 spiro atoms. The zero-order chi connectivity index (χ0) is 20.4. The van der Waals surface area contributed by atoms with Crippen LogP contribution in [0.25, 0.3) is 0 Å². The van der Waals surface area contributed by atoms with E-state index in [9.17, 15) is 16.8 Å². The molecule has 28 heavy (non-hydrogen) atoms. The highest BCUT2D eigenvalue weighted by atomic mass is 32.2. The Morgan fingerprint density at radius 1 is 1.18 bits per heavy atom. The summed E-state index contributed by atoms with van der Waals surface area (Å²) in [5.74, 6) is 0.588. The van der Waals surface area contributed by atoms with Crippen LogP contribution in [0.3, 0.4) is 0 Å². The Balaban J connectivity index is 1.82. The second-order valence-corrected chi connectivity index (χ2v) is 11.9. The molecule has 3 rings (SSSR count). The van der Waals surface area contributed by atoms with Gasteiger partial charge in [-0.05, 0) is 50.1 Å². The quantitative estimate of drug-likeness (QED) is 0.708. The van der Waals surface area contributed by atoms with Crippen LogP contribution in [-0.2, 0) is 26.5 Å². The standard InChI is InChI=1S/C18H24N2O5S3/c1-3-27(21,22)19-10-9-15-6-8-18(26-15)28(23,24)20-11-4-12-25-17-7-5-14(2)13-16(17)20/h5-8,13,19H,3-4,9-12H2,1-2H3. The highest BCUT2D eigenvalue weighted by Crippen LogP contribution is 2.37. The molecule has 7 nitrogen and oxygen atoms in total. The first kappa shape index (κ1) is 21.1. The fourth-order valence-electron chi connectivity index (χ4n) is 2.88. The van der Waals surface area contributed by atoms with Crippen LogP contribution in [0, 0.1) is 6.92 Å². The molecule has 0 aliphatic carbocycles. The van der Waals surface area contributed by atoms with E-state index in [0.717, 1.165) is 10.4 Å². The minimum atomic E-state index is -3.72. The number of fused-ring (bicyclic) bond motifs is 1. The van der Waals surface area contributed by atoms with Gasteiger partial charge in [0.05, 0.1) is 18.0 Å². The summed E-state index contributed by atoms with van der Waals surface area (Å²) in [4.78, 5) is 0.813. The Morgan fingerprint density at radius 2 is 1.96 bits per heavy atom. The molecule has 1 aromatic heterocycles. The first-order valence-electron chi connectivity index (χ1n) is 9.05. The highest BCUT2D eigenvalue weighted by Gasteiger charge is 2.30. The fraction of sp³-hybridized carbons (Fsp3) is 0.444. The summed E-state index contributed by atoms with van der Waals surface area (Å²) in [5.41, 5.74) is 1.52. The van der Waals surface area contributed by atoms with Gasteiger partial charge in [0.2, 0.25) is 10.0 Å². The Morgan fingerprint density at radius 3 is 2.71 bits per heavy atom. The second kappa shape index (κ2) is 8.40. The van der Waals surface area contributed by atoms with E-state index in [4.69, 9.17) is 4.74 Å². The van der Waals surface area contributed by atoms with E-state index in [0.29, 0.717) is 37.4 Å². The van der Waals surface area contributed by atoms with Crippen molar-refractivity contribution in [2.75, 3.05) is 29.8 Å². The first-order valence-corrected chi connectivity index (χ1v) is 13.0. The Hall–Kier alpha value is -1.62. The number of nitrogens with one attached hydrogen (secondary N) is 1. The molecule has 0 saturated heterocycles. The first-order chi connectivity index (χ1) is 13.2. The van der Waals surface area contributed by atoms with E-state index in [1.807, 2.05) is 19.1 Å². The van der Waals surface area contributed by atoms with Crippen molar-refractivity contribution in [3.63, 3.8) is 0 Å². The predicted octanol–water partition coefficient (Wildman–Crippen LogP) is 2.52. The molecular weight excluding hydrogens is 420 g/mol. The zero-order valence-electron chi connectivity index (χ0n) is 15.8. The van der Waals surface area contributed by atoms with Crippen molar-refractivity contribution in [3.8, 4) is 5.75 Å². The van der Waals surface area contributed by atoms with Crippen molar-refractivity contribution >= 4 is 37.1 Å². The van der Waals surface area contributed by atoms with Crippen molar-refractivity contribution in [1.82, 2.24) is 4.72 Å². The molecule has 1 N–H and O–H groups in total. The van der Waals surface area contributed by atoms with Gasteiger partial charge in [-0.1, -0.05) is 6.07 Å². The predicted molar refractivity (Wildman–Crippen MR) is 111 cm³/mol. The van der Waals surface area contributed by atoms with Gasteiger partial charge in [-0.15, -0.1) is 11.3 Å². The molecule has 0 bridgehead atoms. The lowest BCUT2D eigenvalue weighted by Gasteiger charge is -2.23. The number of sulfonamides is 2. The van der Waals surface area contributed by atoms with Crippen molar-refractivity contribution in [1.29, 1.82) is 0 Å². The second-order valence-electron chi connectivity index (χ2n) is 6.52. The Labute approximate surface area is 170 Å². The van der Waals surface area contributed by atoms with Gasteiger partial charge in [0.25, 0.3) is 10.0 Å². The number of aryl methyl sites for hydroxylation is 1. The average molecular weight is 445 g/mol. The van der Waals surface area contributed by atoms with E-state index >= 15 is 0 Å². The maximum absolute atomic E-state index is 13.3. The van der Waals surface area contributed by atoms with Gasteiger partial charge in [0, 0.05) is 24.4 Å². The van der Waals surface area contributed by atoms with Crippen LogP contribution in [0.5, 0.6) is 5.75 Å². The van der Waals surface area contributed by atoms with Crippen molar-refractivity contribution in [2.45, 2.75) is 30.9 Å². The molecule has 2 aromatic rings. The third-order valence-electron chi connectivity index (χ3n) is 4.40. The molecule has 1 aromatic carbocycles. The van der Waals surface area contributed by atoms with Gasteiger partial charge >= 0.3 is 0 Å². The summed E-state index contributed by atoms with van der Waals surface area (Å²) in [5, 5.41) is 0. The molecule has 154 valence electrons. The van der Waals surface area contributed by atoms with Crippen molar-refractivity contribution < 1.29 is 21.6 Å². The van der Waals surface area contributed by atoms with Crippen LogP contribution >= 0.6 is 11.3 Å². The van der Waals surface area contributed by atoms with Gasteiger partial charge in [-0.25, -0.2) is 21.6 Å². The van der Waals surface area contributed by atoms with Gasteiger partial charge in [0.15, 0.2) is 0 Å². The zero-order valence-corrected chi connectivity index (χ0v) is 18.3. The maximum Gasteiger partial charge on any atom is 0.273 e. The van der Waals surface area contributed by atoms with Crippen LogP contribution in [-0.4, -0.2) is 42.3 Å². The summed E-state index contributed by atoms with van der Waals surface area (Å²) in [6, 6.07) is 8.86. The van der Waals surface area contributed by atoms with Crippen LogP contribution < -0.4 is 13.8 Å². The summed E-state index contributed by atoms with van der Waals surface area (Å²) in [6.07, 6.45) is 1.04. The van der Waals surface area contributed by atoms with Crippen LogP contribution in [0.4, 0.5) is 5.69 Å². The minimum Gasteiger partial charge on any atom is -0.491 e. The number of anilines is 1. The third kappa shape index (κ3) is 4.68. The lowest BCUT2D eigenvalue weighted by molar-refractivity contribution is 0.322. The van der Waals surface area contributed by atoms with Gasteiger partial charge in [0.1, 0.15) is 9.96 Å². The lowest BCUT2D eigenvalue weighted by Crippen LogP contribution is -2.31. The van der Waals surface area contributed by atoms with E-state index < -0.39 is 20.0 Å². The average Bonchev–Trinajstić information content (AvgIpc) is 3.02. The SMILES string of the molecule is CCS(=O)(=O)NCCc1ccc(S(=O)(=O)N2CCCOc3ccc(C)cc32)s1. The topological polar surface area (TPSA) is 92.8 Å². The fourth-order valence-corrected chi connectivity index (χ4v) is 6.47. The molecule has 0 saturated carbocycles.